The highest BCUT2D eigenvalue weighted by Gasteiger charge is 2.14. The van der Waals surface area contributed by atoms with Crippen molar-refractivity contribution in [1.29, 1.82) is 0 Å². The second-order valence-corrected chi connectivity index (χ2v) is 5.94. The van der Waals surface area contributed by atoms with E-state index in [0.29, 0.717) is 6.04 Å². The largest absolute Gasteiger partial charge is 0.396 e. The van der Waals surface area contributed by atoms with Crippen LogP contribution < -0.4 is 0 Å². The molecule has 2 aromatic rings. The van der Waals surface area contributed by atoms with Crippen molar-refractivity contribution in [2.24, 2.45) is 0 Å². The van der Waals surface area contributed by atoms with Crippen molar-refractivity contribution in [3.05, 3.63) is 52.3 Å². The van der Waals surface area contributed by atoms with Gasteiger partial charge in [-0.25, -0.2) is 0 Å². The molecular formula is C15H19BrN2O. The molecule has 0 aliphatic rings. The number of aliphatic hydroxyl groups is 1. The van der Waals surface area contributed by atoms with E-state index in [1.165, 1.54) is 0 Å². The lowest BCUT2D eigenvalue weighted by molar-refractivity contribution is 0.263. The summed E-state index contributed by atoms with van der Waals surface area (Å²) in [5, 5.41) is 14.1. The first-order valence-corrected chi connectivity index (χ1v) is 7.30. The Morgan fingerprint density at radius 2 is 2.11 bits per heavy atom. The number of aliphatic hydroxyl groups excluding tert-OH is 1. The topological polar surface area (TPSA) is 38.0 Å². The van der Waals surface area contributed by atoms with Crippen LogP contribution >= 0.6 is 15.9 Å². The van der Waals surface area contributed by atoms with Gasteiger partial charge in [-0.2, -0.15) is 5.10 Å². The molecule has 0 fully saturated rings. The lowest BCUT2D eigenvalue weighted by atomic mass is 9.95. The van der Waals surface area contributed by atoms with Crippen LogP contribution in [0.5, 0.6) is 0 Å². The molecule has 0 saturated heterocycles. The number of halogens is 1. The van der Waals surface area contributed by atoms with Crippen molar-refractivity contribution in [2.45, 2.75) is 32.2 Å². The van der Waals surface area contributed by atoms with Gasteiger partial charge in [0.15, 0.2) is 0 Å². The Balaban J connectivity index is 2.14. The Morgan fingerprint density at radius 1 is 1.32 bits per heavy atom. The van der Waals surface area contributed by atoms with Crippen LogP contribution in [-0.2, 0) is 6.42 Å². The van der Waals surface area contributed by atoms with E-state index in [2.05, 4.69) is 40.9 Å². The lowest BCUT2D eigenvalue weighted by Crippen LogP contribution is -2.09. The van der Waals surface area contributed by atoms with Gasteiger partial charge >= 0.3 is 0 Å². The molecule has 102 valence electrons. The van der Waals surface area contributed by atoms with Crippen LogP contribution in [-0.4, -0.2) is 21.5 Å². The van der Waals surface area contributed by atoms with Crippen molar-refractivity contribution in [2.75, 3.05) is 6.61 Å². The van der Waals surface area contributed by atoms with Crippen LogP contribution in [0.3, 0.4) is 0 Å². The molecule has 0 amide bonds. The van der Waals surface area contributed by atoms with Gasteiger partial charge in [0.1, 0.15) is 0 Å². The zero-order valence-corrected chi connectivity index (χ0v) is 12.8. The average Bonchev–Trinajstić information content (AvgIpc) is 2.84. The second kappa shape index (κ2) is 6.35. The van der Waals surface area contributed by atoms with Crippen molar-refractivity contribution in [3.8, 4) is 0 Å². The van der Waals surface area contributed by atoms with Crippen LogP contribution in [0, 0.1) is 0 Å². The van der Waals surface area contributed by atoms with E-state index in [1.54, 1.807) is 0 Å². The van der Waals surface area contributed by atoms with Crippen LogP contribution in [0.2, 0.25) is 0 Å². The second-order valence-electron chi connectivity index (χ2n) is 5.02. The minimum Gasteiger partial charge on any atom is -0.396 e. The fourth-order valence-corrected chi connectivity index (χ4v) is 2.49. The average molecular weight is 323 g/mol. The summed E-state index contributed by atoms with van der Waals surface area (Å²) in [6.45, 7) is 4.34. The monoisotopic (exact) mass is 322 g/mol. The molecule has 0 radical (unpaired) electrons. The zero-order valence-electron chi connectivity index (χ0n) is 11.3. The summed E-state index contributed by atoms with van der Waals surface area (Å²) in [5.74, 6) is 0.0908. The number of hydrogen-bond acceptors (Lipinski definition) is 2. The normalized spacial score (nSPS) is 12.9. The standard InChI is InChI=1S/C15H19BrN2O/c1-11(2)18-7-6-15(17-18)9-13(10-19)12-4-3-5-14(16)8-12/h3-8,11,13,19H,9-10H2,1-2H3. The number of hydrogen-bond donors (Lipinski definition) is 1. The molecule has 0 bridgehead atoms. The molecule has 0 aliphatic carbocycles. The van der Waals surface area contributed by atoms with Gasteiger partial charge < -0.3 is 5.11 Å². The van der Waals surface area contributed by atoms with Crippen LogP contribution in [0.4, 0.5) is 0 Å². The first-order chi connectivity index (χ1) is 9.10. The van der Waals surface area contributed by atoms with E-state index < -0.39 is 0 Å². The van der Waals surface area contributed by atoms with Crippen LogP contribution in [0.15, 0.2) is 41.0 Å². The van der Waals surface area contributed by atoms with Gasteiger partial charge in [-0.15, -0.1) is 0 Å². The molecule has 1 heterocycles. The Kier molecular flexibility index (Phi) is 4.77. The van der Waals surface area contributed by atoms with Gasteiger partial charge in [-0.1, -0.05) is 28.1 Å². The highest BCUT2D eigenvalue weighted by atomic mass is 79.9. The number of aromatic nitrogens is 2. The Bertz CT molecular complexity index is 536. The maximum absolute atomic E-state index is 9.60. The lowest BCUT2D eigenvalue weighted by Gasteiger charge is -2.13. The van der Waals surface area contributed by atoms with E-state index in [0.717, 1.165) is 22.2 Å². The summed E-state index contributed by atoms with van der Waals surface area (Å²) in [6, 6.07) is 10.5. The molecule has 1 aromatic heterocycles. The SMILES string of the molecule is CC(C)n1ccc(CC(CO)c2cccc(Br)c2)n1. The first kappa shape index (κ1) is 14.3. The minimum absolute atomic E-state index is 0.0908. The third-order valence-corrected chi connectivity index (χ3v) is 3.68. The van der Waals surface area contributed by atoms with Gasteiger partial charge in [-0.3, -0.25) is 4.68 Å². The molecule has 3 nitrogen and oxygen atoms in total. The van der Waals surface area contributed by atoms with Crippen LogP contribution in [0.1, 0.15) is 37.1 Å². The van der Waals surface area contributed by atoms with Crippen molar-refractivity contribution < 1.29 is 5.11 Å². The third kappa shape index (κ3) is 3.67. The molecule has 1 aromatic carbocycles. The Labute approximate surface area is 122 Å². The molecule has 4 heteroatoms. The van der Waals surface area contributed by atoms with E-state index in [4.69, 9.17) is 0 Å². The van der Waals surface area contributed by atoms with Crippen molar-refractivity contribution in [3.63, 3.8) is 0 Å². The molecule has 0 saturated carbocycles. The number of rotatable bonds is 5. The zero-order chi connectivity index (χ0) is 13.8. The maximum Gasteiger partial charge on any atom is 0.0631 e. The van der Waals surface area contributed by atoms with E-state index in [9.17, 15) is 5.11 Å². The smallest absolute Gasteiger partial charge is 0.0631 e. The molecule has 1 N–H and O–H groups in total. The molecular weight excluding hydrogens is 304 g/mol. The van der Waals surface area contributed by atoms with Crippen molar-refractivity contribution in [1.82, 2.24) is 9.78 Å². The minimum atomic E-state index is 0.0908. The number of nitrogens with zero attached hydrogens (tertiary/aromatic N) is 2. The predicted octanol–water partition coefficient (Wildman–Crippen LogP) is 3.55. The Hall–Kier alpha value is -1.13. The Morgan fingerprint density at radius 3 is 2.68 bits per heavy atom. The molecule has 2 rings (SSSR count). The van der Waals surface area contributed by atoms with Gasteiger partial charge in [0.2, 0.25) is 0 Å². The quantitative estimate of drug-likeness (QED) is 0.914. The predicted molar refractivity (Wildman–Crippen MR) is 80.3 cm³/mol. The summed E-state index contributed by atoms with van der Waals surface area (Å²) < 4.78 is 2.99. The molecule has 1 atom stereocenters. The fraction of sp³-hybridized carbons (Fsp3) is 0.400. The first-order valence-electron chi connectivity index (χ1n) is 6.50. The van der Waals surface area contributed by atoms with E-state index >= 15 is 0 Å². The molecule has 0 aliphatic heterocycles. The van der Waals surface area contributed by atoms with Gasteiger partial charge in [-0.05, 0) is 37.6 Å². The number of benzene rings is 1. The molecule has 1 unspecified atom stereocenters. The highest BCUT2D eigenvalue weighted by molar-refractivity contribution is 9.10. The third-order valence-electron chi connectivity index (χ3n) is 3.19. The summed E-state index contributed by atoms with van der Waals surface area (Å²) in [5.41, 5.74) is 2.16. The summed E-state index contributed by atoms with van der Waals surface area (Å²) >= 11 is 3.47. The van der Waals surface area contributed by atoms with Gasteiger partial charge in [0.05, 0.1) is 12.3 Å². The van der Waals surface area contributed by atoms with Gasteiger partial charge in [0, 0.05) is 29.1 Å². The van der Waals surface area contributed by atoms with E-state index in [-0.39, 0.29) is 12.5 Å². The fourth-order valence-electron chi connectivity index (χ4n) is 2.07. The highest BCUT2D eigenvalue weighted by Crippen LogP contribution is 2.23. The van der Waals surface area contributed by atoms with Gasteiger partial charge in [0.25, 0.3) is 0 Å². The summed E-state index contributed by atoms with van der Waals surface area (Å²) in [7, 11) is 0. The summed E-state index contributed by atoms with van der Waals surface area (Å²) in [6.07, 6.45) is 2.75. The van der Waals surface area contributed by atoms with Crippen molar-refractivity contribution >= 4 is 15.9 Å². The van der Waals surface area contributed by atoms with Crippen LogP contribution in [0.25, 0.3) is 0 Å². The summed E-state index contributed by atoms with van der Waals surface area (Å²) in [4.78, 5) is 0. The van der Waals surface area contributed by atoms with E-state index in [1.807, 2.05) is 35.1 Å². The molecule has 19 heavy (non-hydrogen) atoms. The maximum atomic E-state index is 9.60. The molecule has 0 spiro atoms.